The molecule has 1 aliphatic heterocycles. The van der Waals surface area contributed by atoms with Crippen LogP contribution in [0.25, 0.3) is 0 Å². The summed E-state index contributed by atoms with van der Waals surface area (Å²) in [5, 5.41) is 3.69. The van der Waals surface area contributed by atoms with Crippen molar-refractivity contribution in [1.29, 1.82) is 0 Å². The van der Waals surface area contributed by atoms with Gasteiger partial charge in [-0.3, -0.25) is 0 Å². The number of nitrogens with one attached hydrogen (secondary N) is 1. The number of piperidine rings is 1. The quantitative estimate of drug-likeness (QED) is 0.635. The molecule has 0 saturated carbocycles. The first-order valence-electron chi connectivity index (χ1n) is 8.46. The van der Waals surface area contributed by atoms with E-state index in [1.54, 1.807) is 0 Å². The van der Waals surface area contributed by atoms with Gasteiger partial charge in [-0.2, -0.15) is 0 Å². The normalized spacial score (nSPS) is 21.8. The van der Waals surface area contributed by atoms with Crippen molar-refractivity contribution in [3.63, 3.8) is 0 Å². The van der Waals surface area contributed by atoms with Crippen molar-refractivity contribution in [1.82, 2.24) is 10.2 Å². The zero-order valence-electron chi connectivity index (χ0n) is 13.8. The zero-order chi connectivity index (χ0) is 14.1. The first-order valence-corrected chi connectivity index (χ1v) is 8.46. The van der Waals surface area contributed by atoms with Crippen molar-refractivity contribution in [2.45, 2.75) is 78.2 Å². The Morgan fingerprint density at radius 1 is 1.21 bits per heavy atom. The van der Waals surface area contributed by atoms with Gasteiger partial charge in [0.1, 0.15) is 0 Å². The highest BCUT2D eigenvalue weighted by molar-refractivity contribution is 4.76. The summed E-state index contributed by atoms with van der Waals surface area (Å²) in [5.41, 5.74) is 0.466. The fraction of sp³-hybridized carbons (Fsp3) is 1.00. The molecule has 0 aromatic carbocycles. The minimum atomic E-state index is 0.466. The van der Waals surface area contributed by atoms with Crippen LogP contribution in [-0.2, 0) is 0 Å². The van der Waals surface area contributed by atoms with Gasteiger partial charge in [0.05, 0.1) is 0 Å². The van der Waals surface area contributed by atoms with E-state index in [9.17, 15) is 0 Å². The Balaban J connectivity index is 2.08. The van der Waals surface area contributed by atoms with E-state index in [4.69, 9.17) is 0 Å². The highest BCUT2D eigenvalue weighted by Gasteiger charge is 2.19. The van der Waals surface area contributed by atoms with E-state index in [2.05, 4.69) is 38.0 Å². The third-order valence-electron chi connectivity index (χ3n) is 4.64. The highest BCUT2D eigenvalue weighted by atomic mass is 15.1. The lowest BCUT2D eigenvalue weighted by atomic mass is 9.87. The fourth-order valence-electron chi connectivity index (χ4n) is 3.15. The van der Waals surface area contributed by atoms with E-state index >= 15 is 0 Å². The lowest BCUT2D eigenvalue weighted by Crippen LogP contribution is -2.39. The topological polar surface area (TPSA) is 15.3 Å². The van der Waals surface area contributed by atoms with Gasteiger partial charge in [0.2, 0.25) is 0 Å². The molecule has 0 aromatic heterocycles. The van der Waals surface area contributed by atoms with Gasteiger partial charge in [-0.25, -0.2) is 0 Å². The van der Waals surface area contributed by atoms with Crippen LogP contribution in [0.4, 0.5) is 0 Å². The van der Waals surface area contributed by atoms with Gasteiger partial charge in [-0.15, -0.1) is 0 Å². The van der Waals surface area contributed by atoms with E-state index in [-0.39, 0.29) is 0 Å². The van der Waals surface area contributed by atoms with Gasteiger partial charge in [-0.1, -0.05) is 46.5 Å². The average molecular weight is 268 g/mol. The lowest BCUT2D eigenvalue weighted by Gasteiger charge is -2.33. The van der Waals surface area contributed by atoms with Crippen molar-refractivity contribution in [3.8, 4) is 0 Å². The molecule has 0 spiro atoms. The molecule has 0 aromatic rings. The van der Waals surface area contributed by atoms with E-state index in [0.717, 1.165) is 6.04 Å². The molecule has 1 unspecified atom stereocenters. The molecule has 1 N–H and O–H groups in total. The molecule has 0 aliphatic carbocycles. The second kappa shape index (κ2) is 8.97. The third-order valence-corrected chi connectivity index (χ3v) is 4.64. The number of nitrogens with zero attached hydrogens (tertiary/aromatic N) is 1. The maximum Gasteiger partial charge on any atom is 0.0104 e. The number of unbranched alkanes of at least 4 members (excludes halogenated alkanes) is 2. The van der Waals surface area contributed by atoms with Crippen molar-refractivity contribution in [3.05, 3.63) is 0 Å². The maximum atomic E-state index is 3.69. The number of hydrogen-bond donors (Lipinski definition) is 1. The fourth-order valence-corrected chi connectivity index (χ4v) is 3.15. The molecular formula is C17H36N2. The van der Waals surface area contributed by atoms with Gasteiger partial charge < -0.3 is 10.2 Å². The van der Waals surface area contributed by atoms with Gasteiger partial charge in [0, 0.05) is 12.6 Å². The Labute approximate surface area is 121 Å². The summed E-state index contributed by atoms with van der Waals surface area (Å²) >= 11 is 0. The summed E-state index contributed by atoms with van der Waals surface area (Å²) in [4.78, 5) is 2.55. The Bertz CT molecular complexity index is 225. The summed E-state index contributed by atoms with van der Waals surface area (Å²) in [6, 6.07) is 0.824. The molecule has 0 amide bonds. The van der Waals surface area contributed by atoms with E-state index in [0.29, 0.717) is 5.41 Å². The van der Waals surface area contributed by atoms with Gasteiger partial charge in [0.25, 0.3) is 0 Å². The van der Waals surface area contributed by atoms with E-state index < -0.39 is 0 Å². The predicted octanol–water partition coefficient (Wildman–Crippen LogP) is 4.06. The van der Waals surface area contributed by atoms with Crippen LogP contribution in [0.15, 0.2) is 0 Å². The minimum Gasteiger partial charge on any atom is -0.316 e. The molecule has 19 heavy (non-hydrogen) atoms. The molecule has 1 heterocycles. The zero-order valence-corrected chi connectivity index (χ0v) is 13.8. The molecule has 114 valence electrons. The summed E-state index contributed by atoms with van der Waals surface area (Å²) in [6.45, 7) is 10.8. The average Bonchev–Trinajstić information content (AvgIpc) is 2.37. The SMILES string of the molecule is CCCCCC(C)(C)CNCCC1CCCCN1C. The van der Waals surface area contributed by atoms with Crippen molar-refractivity contribution >= 4 is 0 Å². The van der Waals surface area contributed by atoms with Crippen molar-refractivity contribution in [2.24, 2.45) is 5.41 Å². The van der Waals surface area contributed by atoms with E-state index in [1.165, 1.54) is 71.0 Å². The summed E-state index contributed by atoms with van der Waals surface area (Å²) in [7, 11) is 2.29. The van der Waals surface area contributed by atoms with Gasteiger partial charge in [-0.05, 0) is 51.2 Å². The van der Waals surface area contributed by atoms with Crippen molar-refractivity contribution < 1.29 is 0 Å². The molecule has 0 radical (unpaired) electrons. The maximum absolute atomic E-state index is 3.69. The molecule has 2 nitrogen and oxygen atoms in total. The van der Waals surface area contributed by atoms with Gasteiger partial charge >= 0.3 is 0 Å². The highest BCUT2D eigenvalue weighted by Crippen LogP contribution is 2.23. The van der Waals surface area contributed by atoms with Crippen LogP contribution in [0, 0.1) is 5.41 Å². The van der Waals surface area contributed by atoms with E-state index in [1.807, 2.05) is 0 Å². The Hall–Kier alpha value is -0.0800. The van der Waals surface area contributed by atoms with Crippen LogP contribution < -0.4 is 5.32 Å². The summed E-state index contributed by atoms with van der Waals surface area (Å²) < 4.78 is 0. The number of rotatable bonds is 9. The van der Waals surface area contributed by atoms with Gasteiger partial charge in [0.15, 0.2) is 0 Å². The van der Waals surface area contributed by atoms with Crippen LogP contribution in [0.2, 0.25) is 0 Å². The molecule has 1 saturated heterocycles. The van der Waals surface area contributed by atoms with Crippen molar-refractivity contribution in [2.75, 3.05) is 26.7 Å². The second-order valence-electron chi connectivity index (χ2n) is 7.22. The molecule has 1 atom stereocenters. The Morgan fingerprint density at radius 3 is 2.68 bits per heavy atom. The Kier molecular flexibility index (Phi) is 8.01. The number of likely N-dealkylation sites (tertiary alicyclic amines) is 1. The molecular weight excluding hydrogens is 232 g/mol. The predicted molar refractivity (Wildman–Crippen MR) is 85.7 cm³/mol. The third kappa shape index (κ3) is 7.31. The first kappa shape index (κ1) is 17.0. The summed E-state index contributed by atoms with van der Waals surface area (Å²) in [6.07, 6.45) is 11.0. The minimum absolute atomic E-state index is 0.466. The van der Waals surface area contributed by atoms with Crippen LogP contribution in [0.1, 0.15) is 72.1 Å². The Morgan fingerprint density at radius 2 is 2.00 bits per heavy atom. The molecule has 1 rings (SSSR count). The monoisotopic (exact) mass is 268 g/mol. The second-order valence-corrected chi connectivity index (χ2v) is 7.22. The number of hydrogen-bond acceptors (Lipinski definition) is 2. The lowest BCUT2D eigenvalue weighted by molar-refractivity contribution is 0.173. The standard InChI is InChI=1S/C17H36N2/c1-5-6-8-12-17(2,3)15-18-13-11-16-10-7-9-14-19(16)4/h16,18H,5-15H2,1-4H3. The van der Waals surface area contributed by atoms with Crippen LogP contribution in [0.5, 0.6) is 0 Å². The first-order chi connectivity index (χ1) is 9.05. The van der Waals surface area contributed by atoms with Crippen LogP contribution >= 0.6 is 0 Å². The van der Waals surface area contributed by atoms with Crippen LogP contribution in [0.3, 0.4) is 0 Å². The molecule has 2 heteroatoms. The smallest absolute Gasteiger partial charge is 0.0104 e. The molecule has 1 fully saturated rings. The largest absolute Gasteiger partial charge is 0.316 e. The molecule has 1 aliphatic rings. The molecule has 0 bridgehead atoms. The summed E-state index contributed by atoms with van der Waals surface area (Å²) in [5.74, 6) is 0. The van der Waals surface area contributed by atoms with Crippen LogP contribution in [-0.4, -0.2) is 37.6 Å².